The first-order chi connectivity index (χ1) is 17.5. The predicted octanol–water partition coefficient (Wildman–Crippen LogP) is 5.93. The smallest absolute Gasteiger partial charge is 0.333 e. The van der Waals surface area contributed by atoms with Crippen LogP contribution in [0.5, 0.6) is 5.75 Å². The molecule has 9 nitrogen and oxygen atoms in total. The number of halogens is 3. The number of benzene rings is 3. The van der Waals surface area contributed by atoms with Gasteiger partial charge in [0.2, 0.25) is 9.70 Å². The largest absolute Gasteiger partial charge is 0.495 e. The van der Waals surface area contributed by atoms with Crippen LogP contribution in [-0.2, 0) is 4.79 Å². The van der Waals surface area contributed by atoms with Gasteiger partial charge in [0.25, 0.3) is 5.69 Å². The fourth-order valence-electron chi connectivity index (χ4n) is 3.48. The van der Waals surface area contributed by atoms with Crippen LogP contribution in [0, 0.1) is 10.1 Å². The number of anilines is 1. The van der Waals surface area contributed by atoms with E-state index in [0.29, 0.717) is 15.4 Å². The number of nitro benzene ring substituents is 1. The third-order valence-electron chi connectivity index (χ3n) is 5.21. The van der Waals surface area contributed by atoms with E-state index in [1.54, 1.807) is 48.5 Å². The van der Waals surface area contributed by atoms with Crippen LogP contribution in [0.25, 0.3) is 0 Å². The van der Waals surface area contributed by atoms with Crippen molar-refractivity contribution in [2.45, 2.75) is 15.9 Å². The van der Waals surface area contributed by atoms with Crippen molar-refractivity contribution in [1.29, 1.82) is 0 Å². The van der Waals surface area contributed by atoms with Gasteiger partial charge in [0, 0.05) is 12.1 Å². The predicted molar refractivity (Wildman–Crippen MR) is 146 cm³/mol. The van der Waals surface area contributed by atoms with Crippen LogP contribution in [-0.4, -0.2) is 38.2 Å². The zero-order valence-corrected chi connectivity index (χ0v) is 22.3. The number of hydrogen-bond acceptors (Lipinski definition) is 6. The van der Waals surface area contributed by atoms with Gasteiger partial charge in [-0.25, -0.2) is 9.10 Å². The fraction of sp³-hybridized carbons (Fsp3) is 0.167. The van der Waals surface area contributed by atoms with E-state index in [0.717, 1.165) is 6.07 Å². The standard InChI is InChI=1S/C24H21Cl3N4O5S/c1-36-19-13-12-17(31(34)35)14-18(19)28-23(33)30(37)22(24(25,26)27)29-21(32)20(15-8-4-2-5-9-15)16-10-6-3-7-11-16/h2-14,20,22,37H,1H3,(H,28,33)(H,29,32). The van der Waals surface area contributed by atoms with E-state index in [9.17, 15) is 19.7 Å². The molecule has 2 N–H and O–H groups in total. The second-order valence-corrected chi connectivity index (χ2v) is 10.4. The minimum Gasteiger partial charge on any atom is -0.495 e. The lowest BCUT2D eigenvalue weighted by atomic mass is 9.90. The Hall–Kier alpha value is -3.18. The topological polar surface area (TPSA) is 114 Å². The van der Waals surface area contributed by atoms with E-state index in [-0.39, 0.29) is 17.1 Å². The summed E-state index contributed by atoms with van der Waals surface area (Å²) >= 11 is 22.6. The van der Waals surface area contributed by atoms with Crippen molar-refractivity contribution in [2.24, 2.45) is 0 Å². The van der Waals surface area contributed by atoms with Gasteiger partial charge in [-0.05, 0) is 17.2 Å². The Labute approximate surface area is 233 Å². The zero-order valence-electron chi connectivity index (χ0n) is 19.2. The van der Waals surface area contributed by atoms with Crippen LogP contribution in [0.3, 0.4) is 0 Å². The molecule has 3 aromatic carbocycles. The van der Waals surface area contributed by atoms with Crippen LogP contribution in [0.2, 0.25) is 0 Å². The Morgan fingerprint density at radius 2 is 1.54 bits per heavy atom. The summed E-state index contributed by atoms with van der Waals surface area (Å²) in [7, 11) is 1.33. The Morgan fingerprint density at radius 3 is 2.00 bits per heavy atom. The number of thiol groups is 1. The number of alkyl halides is 3. The Morgan fingerprint density at radius 1 is 1.00 bits per heavy atom. The maximum absolute atomic E-state index is 13.5. The van der Waals surface area contributed by atoms with Crippen LogP contribution in [0.4, 0.5) is 16.2 Å². The van der Waals surface area contributed by atoms with Gasteiger partial charge >= 0.3 is 6.03 Å². The first-order valence-corrected chi connectivity index (χ1v) is 12.1. The highest BCUT2D eigenvalue weighted by Crippen LogP contribution is 2.35. The van der Waals surface area contributed by atoms with E-state index in [4.69, 9.17) is 39.5 Å². The second-order valence-electron chi connectivity index (χ2n) is 7.62. The van der Waals surface area contributed by atoms with Crippen molar-refractivity contribution in [3.8, 4) is 5.75 Å². The maximum atomic E-state index is 13.5. The molecule has 0 spiro atoms. The van der Waals surface area contributed by atoms with Crippen molar-refractivity contribution in [1.82, 2.24) is 9.62 Å². The molecule has 1 unspecified atom stereocenters. The van der Waals surface area contributed by atoms with Crippen molar-refractivity contribution in [3.63, 3.8) is 0 Å². The van der Waals surface area contributed by atoms with Crippen LogP contribution < -0.4 is 15.4 Å². The number of rotatable bonds is 8. The average molecular weight is 584 g/mol. The number of hydrogen-bond donors (Lipinski definition) is 3. The normalized spacial score (nSPS) is 11.9. The van der Waals surface area contributed by atoms with Gasteiger partial charge in [-0.1, -0.05) is 108 Å². The van der Waals surface area contributed by atoms with E-state index >= 15 is 0 Å². The summed E-state index contributed by atoms with van der Waals surface area (Å²) in [5.74, 6) is -1.21. The molecule has 0 saturated heterocycles. The molecule has 13 heteroatoms. The number of nitrogens with zero attached hydrogens (tertiary/aromatic N) is 2. The van der Waals surface area contributed by atoms with E-state index in [2.05, 4.69) is 23.4 Å². The third kappa shape index (κ3) is 7.20. The number of methoxy groups -OCH3 is 1. The number of non-ortho nitro benzene ring substituents is 1. The van der Waals surface area contributed by atoms with Gasteiger partial charge in [0.05, 0.1) is 23.6 Å². The van der Waals surface area contributed by atoms with Gasteiger partial charge in [0.15, 0.2) is 6.17 Å². The molecule has 0 aliphatic rings. The molecule has 0 radical (unpaired) electrons. The molecule has 194 valence electrons. The number of urea groups is 1. The van der Waals surface area contributed by atoms with Gasteiger partial charge < -0.3 is 15.4 Å². The van der Waals surface area contributed by atoms with Gasteiger partial charge in [0.1, 0.15) is 5.75 Å². The van der Waals surface area contributed by atoms with Crippen molar-refractivity contribution in [2.75, 3.05) is 12.4 Å². The van der Waals surface area contributed by atoms with Crippen molar-refractivity contribution < 1.29 is 19.2 Å². The quantitative estimate of drug-likeness (QED) is 0.100. The summed E-state index contributed by atoms with van der Waals surface area (Å²) in [6.45, 7) is 0. The van der Waals surface area contributed by atoms with Crippen LogP contribution >= 0.6 is 47.6 Å². The van der Waals surface area contributed by atoms with E-state index < -0.39 is 32.7 Å². The Bertz CT molecular complexity index is 1220. The van der Waals surface area contributed by atoms with Gasteiger partial charge in [-0.15, -0.1) is 0 Å². The molecule has 0 aliphatic carbocycles. The molecule has 37 heavy (non-hydrogen) atoms. The van der Waals surface area contributed by atoms with Crippen LogP contribution in [0.15, 0.2) is 78.9 Å². The summed E-state index contributed by atoms with van der Waals surface area (Å²) in [5.41, 5.74) is 1.03. The lowest BCUT2D eigenvalue weighted by molar-refractivity contribution is -0.384. The highest BCUT2D eigenvalue weighted by atomic mass is 35.6. The minimum atomic E-state index is -2.21. The summed E-state index contributed by atoms with van der Waals surface area (Å²) in [6, 6.07) is 20.6. The molecule has 0 aromatic heterocycles. The molecule has 0 fully saturated rings. The van der Waals surface area contributed by atoms with E-state index in [1.807, 2.05) is 12.1 Å². The second kappa shape index (κ2) is 12.4. The van der Waals surface area contributed by atoms with E-state index in [1.165, 1.54) is 19.2 Å². The monoisotopic (exact) mass is 582 g/mol. The molecule has 0 heterocycles. The molecular formula is C24H21Cl3N4O5S. The molecule has 1 atom stereocenters. The summed E-state index contributed by atoms with van der Waals surface area (Å²) in [5, 5.41) is 16.2. The van der Waals surface area contributed by atoms with Crippen molar-refractivity contribution in [3.05, 3.63) is 100 Å². The molecule has 3 rings (SSSR count). The summed E-state index contributed by atoms with van der Waals surface area (Å²) in [6.07, 6.45) is -1.55. The average Bonchev–Trinajstić information content (AvgIpc) is 2.87. The molecule has 0 saturated carbocycles. The number of amides is 3. The Balaban J connectivity index is 1.89. The zero-order chi connectivity index (χ0) is 27.2. The number of ether oxygens (including phenoxy) is 1. The first-order valence-electron chi connectivity index (χ1n) is 10.6. The number of carbonyl (C=O) groups is 2. The molecule has 0 bridgehead atoms. The van der Waals surface area contributed by atoms with Gasteiger partial charge in [-0.3, -0.25) is 14.9 Å². The first kappa shape index (κ1) is 28.4. The van der Waals surface area contributed by atoms with Gasteiger partial charge in [-0.2, -0.15) is 0 Å². The Kier molecular flexibility index (Phi) is 9.50. The summed E-state index contributed by atoms with van der Waals surface area (Å²) in [4.78, 5) is 37.1. The lowest BCUT2D eigenvalue weighted by Gasteiger charge is -2.33. The fourth-order valence-corrected chi connectivity index (χ4v) is 4.42. The third-order valence-corrected chi connectivity index (χ3v) is 6.24. The highest BCUT2D eigenvalue weighted by Gasteiger charge is 2.41. The lowest BCUT2D eigenvalue weighted by Crippen LogP contribution is -2.55. The SMILES string of the molecule is COc1ccc([N+](=O)[O-])cc1NC(=O)N(S)C(NC(=O)C(c1ccccc1)c1ccccc1)C(Cl)(Cl)Cl. The highest BCUT2D eigenvalue weighted by molar-refractivity contribution is 7.78. The molecular weight excluding hydrogens is 563 g/mol. The van der Waals surface area contributed by atoms with Crippen LogP contribution in [0.1, 0.15) is 17.0 Å². The molecule has 3 aromatic rings. The number of nitrogens with one attached hydrogen (secondary N) is 2. The minimum absolute atomic E-state index is 0.0263. The molecule has 0 aliphatic heterocycles. The number of nitro groups is 1. The van der Waals surface area contributed by atoms with Crippen molar-refractivity contribution >= 4 is 70.9 Å². The number of carbonyl (C=O) groups excluding carboxylic acids is 2. The summed E-state index contributed by atoms with van der Waals surface area (Å²) < 4.78 is 3.62. The molecule has 3 amide bonds. The maximum Gasteiger partial charge on any atom is 0.333 e.